The van der Waals surface area contributed by atoms with Crippen molar-refractivity contribution in [2.75, 3.05) is 32.8 Å². The summed E-state index contributed by atoms with van der Waals surface area (Å²) in [5, 5.41) is 1.36. The van der Waals surface area contributed by atoms with Gasteiger partial charge in [-0.05, 0) is 42.0 Å². The third-order valence-electron chi connectivity index (χ3n) is 6.72. The van der Waals surface area contributed by atoms with E-state index in [4.69, 9.17) is 4.74 Å². The van der Waals surface area contributed by atoms with Gasteiger partial charge in [0.05, 0.1) is 19.1 Å². The van der Waals surface area contributed by atoms with Crippen molar-refractivity contribution in [3.63, 3.8) is 0 Å². The van der Waals surface area contributed by atoms with Gasteiger partial charge in [-0.3, -0.25) is 9.69 Å². The fraction of sp³-hybridized carbons (Fsp3) is 0.500. The summed E-state index contributed by atoms with van der Waals surface area (Å²) in [5.41, 5.74) is 5.33. The molecule has 1 amide bonds. The van der Waals surface area contributed by atoms with E-state index in [1.807, 2.05) is 4.90 Å². The van der Waals surface area contributed by atoms with Gasteiger partial charge in [0.1, 0.15) is 0 Å². The summed E-state index contributed by atoms with van der Waals surface area (Å²) in [6.45, 7) is 3.64. The van der Waals surface area contributed by atoms with Gasteiger partial charge < -0.3 is 14.6 Å². The summed E-state index contributed by atoms with van der Waals surface area (Å²) >= 11 is 0. The van der Waals surface area contributed by atoms with Crippen LogP contribution in [0.3, 0.4) is 0 Å². The molecule has 2 fully saturated rings. The highest BCUT2D eigenvalue weighted by molar-refractivity contribution is 5.99. The molecule has 1 aromatic carbocycles. The van der Waals surface area contributed by atoms with Crippen LogP contribution in [0.1, 0.15) is 24.0 Å². The van der Waals surface area contributed by atoms with Crippen LogP contribution in [0.2, 0.25) is 0 Å². The number of amides is 1. The minimum absolute atomic E-state index is 0.0364. The predicted octanol–water partition coefficient (Wildman–Crippen LogP) is 2.43. The number of morpholine rings is 1. The van der Waals surface area contributed by atoms with E-state index < -0.39 is 0 Å². The van der Waals surface area contributed by atoms with Crippen LogP contribution < -0.4 is 0 Å². The van der Waals surface area contributed by atoms with Crippen LogP contribution in [0.15, 0.2) is 30.5 Å². The minimum Gasteiger partial charge on any atom is -0.378 e. The van der Waals surface area contributed by atoms with Crippen molar-refractivity contribution in [3.8, 4) is 0 Å². The fourth-order valence-corrected chi connectivity index (χ4v) is 5.25. The number of hydrogen-bond donors (Lipinski definition) is 1. The Labute approximate surface area is 159 Å². The van der Waals surface area contributed by atoms with Crippen molar-refractivity contribution in [2.24, 2.45) is 5.92 Å². The van der Waals surface area contributed by atoms with E-state index in [1.165, 1.54) is 40.4 Å². The second kappa shape index (κ2) is 5.94. The number of carbonyl (C=O) groups is 1. The normalized spacial score (nSPS) is 28.1. The summed E-state index contributed by atoms with van der Waals surface area (Å²) in [4.78, 5) is 21.3. The van der Waals surface area contributed by atoms with Crippen LogP contribution in [0.4, 0.5) is 0 Å². The Morgan fingerprint density at radius 2 is 2.04 bits per heavy atom. The van der Waals surface area contributed by atoms with Crippen LogP contribution in [0.25, 0.3) is 16.5 Å². The monoisotopic (exact) mass is 363 g/mol. The Morgan fingerprint density at radius 1 is 1.19 bits per heavy atom. The molecule has 0 unspecified atom stereocenters. The van der Waals surface area contributed by atoms with Gasteiger partial charge in [-0.2, -0.15) is 0 Å². The molecule has 27 heavy (non-hydrogen) atoms. The van der Waals surface area contributed by atoms with Gasteiger partial charge in [0.15, 0.2) is 0 Å². The van der Waals surface area contributed by atoms with Crippen molar-refractivity contribution < 1.29 is 9.53 Å². The van der Waals surface area contributed by atoms with E-state index in [2.05, 4.69) is 40.4 Å². The lowest BCUT2D eigenvalue weighted by Crippen LogP contribution is -2.51. The molecule has 5 nitrogen and oxygen atoms in total. The average molecular weight is 363 g/mol. The number of nitrogens with one attached hydrogen (secondary N) is 1. The molecule has 0 spiro atoms. The highest BCUT2D eigenvalue weighted by Gasteiger charge is 2.43. The van der Waals surface area contributed by atoms with E-state index >= 15 is 0 Å². The van der Waals surface area contributed by atoms with E-state index in [0.717, 1.165) is 26.1 Å². The number of H-pyrrole nitrogens is 1. The molecule has 1 aromatic heterocycles. The Bertz CT molecular complexity index is 936. The average Bonchev–Trinajstić information content (AvgIpc) is 3.49. The lowest BCUT2D eigenvalue weighted by atomic mass is 9.79. The van der Waals surface area contributed by atoms with Gasteiger partial charge in [-0.1, -0.05) is 18.2 Å². The molecule has 2 atom stereocenters. The molecule has 1 N–H and O–H groups in total. The van der Waals surface area contributed by atoms with Crippen LogP contribution in [0, 0.1) is 5.92 Å². The standard InChI is InChI=1S/C22H25N3O2/c26-22(24-6-8-27-9-7-24)15-10-18-17-2-1-3-19-21(17)14(12-23-19)11-20(18)25(13-15)16-4-5-16/h1-3,10,12,15-16,20,23H,4-9,11,13H2/t15-,20-/m1/s1. The van der Waals surface area contributed by atoms with Gasteiger partial charge >= 0.3 is 0 Å². The number of aromatic nitrogens is 1. The smallest absolute Gasteiger partial charge is 0.230 e. The number of fused-ring (bicyclic) bond motifs is 2. The zero-order valence-corrected chi connectivity index (χ0v) is 15.5. The number of rotatable bonds is 2. The van der Waals surface area contributed by atoms with Crippen LogP contribution in [-0.4, -0.2) is 65.6 Å². The topological polar surface area (TPSA) is 48.6 Å². The zero-order chi connectivity index (χ0) is 18.0. The number of hydrogen-bond acceptors (Lipinski definition) is 3. The second-order valence-electron chi connectivity index (χ2n) is 8.36. The number of ether oxygens (including phenoxy) is 1. The lowest BCUT2D eigenvalue weighted by molar-refractivity contribution is -0.139. The van der Waals surface area contributed by atoms with Gasteiger partial charge in [-0.15, -0.1) is 0 Å². The summed E-state index contributed by atoms with van der Waals surface area (Å²) < 4.78 is 5.44. The first kappa shape index (κ1) is 15.9. The van der Waals surface area contributed by atoms with E-state index in [1.54, 1.807) is 0 Å². The zero-order valence-electron chi connectivity index (χ0n) is 15.5. The molecular weight excluding hydrogens is 338 g/mol. The molecule has 3 heterocycles. The van der Waals surface area contributed by atoms with Gasteiger partial charge in [-0.25, -0.2) is 0 Å². The largest absolute Gasteiger partial charge is 0.378 e. The van der Waals surface area contributed by atoms with Crippen molar-refractivity contribution in [3.05, 3.63) is 41.6 Å². The molecule has 1 saturated carbocycles. The van der Waals surface area contributed by atoms with Gasteiger partial charge in [0.25, 0.3) is 0 Å². The minimum atomic E-state index is -0.0364. The summed E-state index contributed by atoms with van der Waals surface area (Å²) in [6, 6.07) is 7.60. The highest BCUT2D eigenvalue weighted by Crippen LogP contribution is 2.44. The third-order valence-corrected chi connectivity index (χ3v) is 6.72. The predicted molar refractivity (Wildman–Crippen MR) is 104 cm³/mol. The maximum atomic E-state index is 13.2. The molecule has 2 aliphatic heterocycles. The van der Waals surface area contributed by atoms with Gasteiger partial charge in [0.2, 0.25) is 5.91 Å². The van der Waals surface area contributed by atoms with Crippen molar-refractivity contribution in [1.29, 1.82) is 0 Å². The molecule has 2 aromatic rings. The third kappa shape index (κ3) is 2.48. The Hall–Kier alpha value is -2.11. The number of aromatic amines is 1. The number of benzene rings is 1. The van der Waals surface area contributed by atoms with Crippen LogP contribution in [-0.2, 0) is 16.0 Å². The second-order valence-corrected chi connectivity index (χ2v) is 8.36. The quantitative estimate of drug-likeness (QED) is 0.892. The molecule has 140 valence electrons. The number of carbonyl (C=O) groups excluding carboxylic acids is 1. The Morgan fingerprint density at radius 3 is 2.85 bits per heavy atom. The summed E-state index contributed by atoms with van der Waals surface area (Å²) in [7, 11) is 0. The van der Waals surface area contributed by atoms with Crippen molar-refractivity contribution >= 4 is 22.4 Å². The Kier molecular flexibility index (Phi) is 3.50. The first-order chi connectivity index (χ1) is 13.3. The molecule has 0 bridgehead atoms. The van der Waals surface area contributed by atoms with Crippen molar-refractivity contribution in [1.82, 2.24) is 14.8 Å². The van der Waals surface area contributed by atoms with E-state index in [-0.39, 0.29) is 11.8 Å². The summed E-state index contributed by atoms with van der Waals surface area (Å²) in [5.74, 6) is 0.243. The van der Waals surface area contributed by atoms with Crippen LogP contribution >= 0.6 is 0 Å². The van der Waals surface area contributed by atoms with Crippen molar-refractivity contribution in [2.45, 2.75) is 31.3 Å². The number of nitrogens with zero attached hydrogens (tertiary/aromatic N) is 2. The molecule has 0 radical (unpaired) electrons. The first-order valence-electron chi connectivity index (χ1n) is 10.2. The lowest BCUT2D eigenvalue weighted by Gasteiger charge is -2.43. The molecular formula is C22H25N3O2. The molecule has 4 aliphatic rings. The Balaban J connectivity index is 1.43. The molecule has 5 heteroatoms. The maximum Gasteiger partial charge on any atom is 0.230 e. The highest BCUT2D eigenvalue weighted by atomic mass is 16.5. The van der Waals surface area contributed by atoms with Gasteiger partial charge in [0, 0.05) is 48.8 Å². The fourth-order valence-electron chi connectivity index (χ4n) is 5.25. The first-order valence-corrected chi connectivity index (χ1v) is 10.2. The molecule has 1 saturated heterocycles. The molecule has 2 aliphatic carbocycles. The summed E-state index contributed by atoms with van der Waals surface area (Å²) in [6.07, 6.45) is 8.07. The van der Waals surface area contributed by atoms with E-state index in [0.29, 0.717) is 25.3 Å². The molecule has 6 rings (SSSR count). The maximum absolute atomic E-state index is 13.2. The SMILES string of the molecule is O=C([C@@H]1C=C2c3cccc4[nH]cc(c34)C[C@H]2N(C2CC2)C1)N1CCOCC1. The van der Waals surface area contributed by atoms with Crippen LogP contribution in [0.5, 0.6) is 0 Å². The van der Waals surface area contributed by atoms with E-state index in [9.17, 15) is 4.79 Å².